The van der Waals surface area contributed by atoms with E-state index in [0.717, 1.165) is 6.42 Å². The van der Waals surface area contributed by atoms with Gasteiger partial charge in [-0.3, -0.25) is 0 Å². The third-order valence-electron chi connectivity index (χ3n) is 6.64. The van der Waals surface area contributed by atoms with E-state index in [1.807, 2.05) is 0 Å². The molecule has 0 radical (unpaired) electrons. The molecule has 29 heavy (non-hydrogen) atoms. The van der Waals surface area contributed by atoms with Crippen LogP contribution in [0.4, 0.5) is 3.50 Å². The van der Waals surface area contributed by atoms with Crippen LogP contribution >= 0.6 is 0 Å². The average molecular weight is 550 g/mol. The van der Waals surface area contributed by atoms with Gasteiger partial charge in [0.2, 0.25) is 0 Å². The van der Waals surface area contributed by atoms with Gasteiger partial charge in [-0.25, -0.2) is 0 Å². The molecule has 0 saturated carbocycles. The Hall–Kier alpha value is 0.716. The molecule has 0 aromatic heterocycles. The van der Waals surface area contributed by atoms with Gasteiger partial charge in [0, 0.05) is 0 Å². The molecule has 0 atom stereocenters. The first kappa shape index (κ1) is 27.7. The molecule has 1 rings (SSSR count). The molecule has 6 heteroatoms. The van der Waals surface area contributed by atoms with Crippen molar-refractivity contribution in [2.24, 2.45) is 0 Å². The van der Waals surface area contributed by atoms with Gasteiger partial charge in [0.25, 0.3) is 0 Å². The second-order valence-electron chi connectivity index (χ2n) is 10.5. The van der Waals surface area contributed by atoms with Crippen molar-refractivity contribution in [3.63, 3.8) is 0 Å². The molecule has 0 heterocycles. The van der Waals surface area contributed by atoms with Gasteiger partial charge in [0.05, 0.1) is 0 Å². The van der Waals surface area contributed by atoms with E-state index in [1.165, 1.54) is 3.28 Å². The molecule has 0 saturated heterocycles. The van der Waals surface area contributed by atoms with Crippen LogP contribution in [0.15, 0.2) is 21.5 Å². The van der Waals surface area contributed by atoms with Gasteiger partial charge in [-0.2, -0.15) is 0 Å². The van der Waals surface area contributed by atoms with Crippen LogP contribution in [0.3, 0.4) is 0 Å². The van der Waals surface area contributed by atoms with Gasteiger partial charge in [-0.15, -0.1) is 0 Å². The third kappa shape index (κ3) is 4.47. The molecule has 1 aliphatic rings. The molecule has 0 unspecified atom stereocenters. The molecule has 0 amide bonds. The van der Waals surface area contributed by atoms with Crippen LogP contribution in [0.2, 0.25) is 0 Å². The number of hydrogen-bond donors (Lipinski definition) is 0. The molecule has 0 aromatic rings. The van der Waals surface area contributed by atoms with Crippen molar-refractivity contribution >= 4 is 12.1 Å². The number of rotatable bonds is 11. The Balaban J connectivity index is 4.33. The maximum absolute atomic E-state index is 16.6. The van der Waals surface area contributed by atoms with Gasteiger partial charge in [0.15, 0.2) is 0 Å². The van der Waals surface area contributed by atoms with E-state index in [4.69, 9.17) is 0 Å². The van der Waals surface area contributed by atoms with Gasteiger partial charge in [0.1, 0.15) is 0 Å². The van der Waals surface area contributed by atoms with E-state index in [1.54, 1.807) is 0 Å². The van der Waals surface area contributed by atoms with Crippen molar-refractivity contribution in [2.75, 3.05) is 0 Å². The van der Waals surface area contributed by atoms with Crippen LogP contribution < -0.4 is 0 Å². The van der Waals surface area contributed by atoms with Crippen molar-refractivity contribution in [2.45, 2.75) is 126 Å². The molecular weight excluding hydrogens is 501 g/mol. The van der Waals surface area contributed by atoms with Gasteiger partial charge >= 0.3 is 189 Å². The summed E-state index contributed by atoms with van der Waals surface area (Å²) in [5.74, 6) is 0. The zero-order valence-corrected chi connectivity index (χ0v) is 26.8. The van der Waals surface area contributed by atoms with E-state index < -0.39 is 29.3 Å². The summed E-state index contributed by atoms with van der Waals surface area (Å²) >= 11 is -7.19. The maximum atomic E-state index is 16.6. The fourth-order valence-electron chi connectivity index (χ4n) is 7.06. The van der Waals surface area contributed by atoms with Crippen LogP contribution in [0.1, 0.15) is 89.5 Å². The van der Waals surface area contributed by atoms with E-state index in [9.17, 15) is 0 Å². The van der Waals surface area contributed by atoms with E-state index in [0.29, 0.717) is 36.3 Å². The van der Waals surface area contributed by atoms with Crippen LogP contribution in [0, 0.1) is 0 Å². The molecule has 3 nitrogen and oxygen atoms in total. The van der Waals surface area contributed by atoms with Crippen LogP contribution in [0.25, 0.3) is 0 Å². The summed E-state index contributed by atoms with van der Waals surface area (Å²) in [7, 11) is 0. The van der Waals surface area contributed by atoms with Crippen molar-refractivity contribution in [1.82, 2.24) is 8.53 Å². The van der Waals surface area contributed by atoms with Crippen molar-refractivity contribution < 1.29 is 20.6 Å². The second kappa shape index (κ2) is 10.6. The van der Waals surface area contributed by atoms with Crippen LogP contribution in [-0.2, 0) is 17.1 Å². The predicted molar refractivity (Wildman–Crippen MR) is 128 cm³/mol. The molecule has 0 bridgehead atoms. The summed E-state index contributed by atoms with van der Waals surface area (Å²) in [5, 5.41) is 0. The Bertz CT molecular complexity index is 522. The fraction of sp³-hybridized carbons (Fsp3) is 0.826. The van der Waals surface area contributed by atoms with Crippen LogP contribution in [-0.4, -0.2) is 56.9 Å². The van der Waals surface area contributed by atoms with Crippen molar-refractivity contribution in [3.8, 4) is 0 Å². The topological polar surface area (TPSA) is 9.72 Å². The summed E-state index contributed by atoms with van der Waals surface area (Å²) in [6.07, 6.45) is 7.69. The summed E-state index contributed by atoms with van der Waals surface area (Å²) in [6.45, 7) is 27.6. The standard InChI is InChI=1S/3C6H14N.C5H5.FGeH2.Zr/c3*1-5(2)7-6(3)4;1-2-4-5-3-1;1-2;/h3*5-6H,1-4H3;1-3H,4H2;2H2;/q3*-1;;;+3. The molecule has 0 spiro atoms. The van der Waals surface area contributed by atoms with Gasteiger partial charge in [-0.1, -0.05) is 0 Å². The summed E-state index contributed by atoms with van der Waals surface area (Å²) in [6, 6.07) is 1.85. The normalized spacial score (nSPS) is 17.7. The predicted octanol–water partition coefficient (Wildman–Crippen LogP) is 5.59. The molecule has 0 aliphatic heterocycles. The minimum atomic E-state index is -4.67. The molecule has 0 aromatic carbocycles. The second-order valence-corrected chi connectivity index (χ2v) is 42.4. The third-order valence-corrected chi connectivity index (χ3v) is 53.0. The SMILES string of the molecule is CC(C)[N](C(C)C)[Zr]([GeH2][F])([C]1=CC=CC1)([N](C(C)C)C(C)C)[N](C(C)C)C(C)C. The average Bonchev–Trinajstić information content (AvgIpc) is 3.07. The van der Waals surface area contributed by atoms with Crippen LogP contribution in [0.5, 0.6) is 0 Å². The first-order chi connectivity index (χ1) is 13.3. The van der Waals surface area contributed by atoms with Gasteiger partial charge in [-0.05, 0) is 0 Å². The zero-order chi connectivity index (χ0) is 22.8. The quantitative estimate of drug-likeness (QED) is 0.311. The first-order valence-electron chi connectivity index (χ1n) is 11.7. The number of nitrogens with zero attached hydrogens (tertiary/aromatic N) is 3. The number of allylic oxidation sites excluding steroid dienone is 4. The Morgan fingerprint density at radius 1 is 0.690 bits per heavy atom. The van der Waals surface area contributed by atoms with E-state index in [2.05, 4.69) is 110 Å². The summed E-state index contributed by atoms with van der Waals surface area (Å²) in [4.78, 5) is 0. The van der Waals surface area contributed by atoms with E-state index >= 15 is 3.50 Å². The van der Waals surface area contributed by atoms with Crippen molar-refractivity contribution in [1.29, 1.82) is 0 Å². The Morgan fingerprint density at radius 3 is 1.17 bits per heavy atom. The molecular formula is C23H49FGeN3Zr. The number of halogens is 1. The monoisotopic (exact) mass is 550 g/mol. The summed E-state index contributed by atoms with van der Waals surface area (Å²) in [5.41, 5.74) is 0. The molecule has 1 aliphatic carbocycles. The zero-order valence-electron chi connectivity index (χ0n) is 21.3. The molecule has 171 valence electrons. The minimum absolute atomic E-state index is 0.309. The molecule has 0 fully saturated rings. The Kier molecular flexibility index (Phi) is 10.1. The Labute approximate surface area is 187 Å². The molecule has 0 N–H and O–H groups in total. The fourth-order valence-corrected chi connectivity index (χ4v) is 69.0. The summed E-state index contributed by atoms with van der Waals surface area (Å²) < 4.78 is 26.3. The van der Waals surface area contributed by atoms with Crippen molar-refractivity contribution in [3.05, 3.63) is 21.5 Å². The number of hydrogen-bond acceptors (Lipinski definition) is 3. The van der Waals surface area contributed by atoms with Gasteiger partial charge < -0.3 is 0 Å². The Morgan fingerprint density at radius 2 is 1.00 bits per heavy atom. The van der Waals surface area contributed by atoms with E-state index in [-0.39, 0.29) is 0 Å². The first-order valence-corrected chi connectivity index (χ1v) is 27.9.